The molecule has 0 aliphatic carbocycles. The molecule has 1 aromatic heterocycles. The lowest BCUT2D eigenvalue weighted by Gasteiger charge is -2.34. The molecular formula is C18H16Cl2N2OS. The Bertz CT molecular complexity index is 859. The van der Waals surface area contributed by atoms with E-state index < -0.39 is 0 Å². The molecule has 0 atom stereocenters. The molecule has 0 spiro atoms. The lowest BCUT2D eigenvalue weighted by Crippen LogP contribution is -2.38. The number of benzene rings is 2. The van der Waals surface area contributed by atoms with Crippen molar-refractivity contribution in [2.75, 3.05) is 18.0 Å². The van der Waals surface area contributed by atoms with Gasteiger partial charge in [-0.1, -0.05) is 29.3 Å². The summed E-state index contributed by atoms with van der Waals surface area (Å²) < 4.78 is 7.33. The monoisotopic (exact) mass is 378 g/mol. The van der Waals surface area contributed by atoms with Gasteiger partial charge < -0.3 is 9.64 Å². The summed E-state index contributed by atoms with van der Waals surface area (Å²) in [7, 11) is 0. The van der Waals surface area contributed by atoms with E-state index in [1.807, 2.05) is 17.6 Å². The first kappa shape index (κ1) is 16.0. The average molecular weight is 379 g/mol. The lowest BCUT2D eigenvalue weighted by atomic mass is 10.1. The van der Waals surface area contributed by atoms with E-state index in [2.05, 4.69) is 28.1 Å². The molecule has 0 amide bonds. The molecule has 4 rings (SSSR count). The highest BCUT2D eigenvalue weighted by Gasteiger charge is 2.23. The molecule has 0 N–H and O–H groups in total. The Kier molecular flexibility index (Phi) is 4.53. The highest BCUT2D eigenvalue weighted by molar-refractivity contribution is 7.17. The summed E-state index contributed by atoms with van der Waals surface area (Å²) in [5.41, 5.74) is 4.26. The van der Waals surface area contributed by atoms with Crippen LogP contribution in [0.25, 0.3) is 10.2 Å². The van der Waals surface area contributed by atoms with Gasteiger partial charge in [-0.05, 0) is 30.3 Å². The highest BCUT2D eigenvalue weighted by atomic mass is 35.5. The largest absolute Gasteiger partial charge is 0.489 e. The number of hydrogen-bond donors (Lipinski definition) is 0. The SMILES string of the molecule is Clc1ccc(OC2CCN(c3cccc4ncsc34)CC2)c(Cl)c1. The molecule has 0 saturated carbocycles. The van der Waals surface area contributed by atoms with Crippen molar-refractivity contribution < 1.29 is 4.74 Å². The molecule has 6 heteroatoms. The first-order valence-electron chi connectivity index (χ1n) is 7.89. The fraction of sp³-hybridized carbons (Fsp3) is 0.278. The second kappa shape index (κ2) is 6.79. The smallest absolute Gasteiger partial charge is 0.138 e. The minimum Gasteiger partial charge on any atom is -0.489 e. The van der Waals surface area contributed by atoms with Gasteiger partial charge in [0.1, 0.15) is 11.9 Å². The molecule has 2 aromatic carbocycles. The second-order valence-electron chi connectivity index (χ2n) is 5.86. The van der Waals surface area contributed by atoms with Gasteiger partial charge in [0, 0.05) is 31.0 Å². The fourth-order valence-corrected chi connectivity index (χ4v) is 4.37. The van der Waals surface area contributed by atoms with Crippen LogP contribution in [0.2, 0.25) is 10.0 Å². The van der Waals surface area contributed by atoms with Gasteiger partial charge in [0.15, 0.2) is 0 Å². The standard InChI is InChI=1S/C18H16Cl2N2OS/c19-12-4-5-17(14(20)10-12)23-13-6-8-22(9-7-13)16-3-1-2-15-18(16)24-11-21-15/h1-5,10-11,13H,6-9H2. The lowest BCUT2D eigenvalue weighted by molar-refractivity contribution is 0.171. The number of piperidine rings is 1. The minimum absolute atomic E-state index is 0.181. The molecule has 0 radical (unpaired) electrons. The van der Waals surface area contributed by atoms with E-state index in [9.17, 15) is 0 Å². The summed E-state index contributed by atoms with van der Waals surface area (Å²) >= 11 is 13.8. The summed E-state index contributed by atoms with van der Waals surface area (Å²) in [5, 5.41) is 1.19. The van der Waals surface area contributed by atoms with Crippen molar-refractivity contribution in [3.8, 4) is 5.75 Å². The van der Waals surface area contributed by atoms with Gasteiger partial charge in [0.05, 0.1) is 26.4 Å². The predicted octanol–water partition coefficient (Wildman–Crippen LogP) is 5.65. The number of fused-ring (bicyclic) bond motifs is 1. The van der Waals surface area contributed by atoms with Gasteiger partial charge in [0.2, 0.25) is 0 Å². The van der Waals surface area contributed by atoms with Crippen LogP contribution >= 0.6 is 34.5 Å². The Hall–Kier alpha value is -1.49. The van der Waals surface area contributed by atoms with Crippen molar-refractivity contribution in [1.82, 2.24) is 4.98 Å². The van der Waals surface area contributed by atoms with E-state index in [0.717, 1.165) is 31.4 Å². The van der Waals surface area contributed by atoms with Crippen LogP contribution in [0.3, 0.4) is 0 Å². The molecule has 2 heterocycles. The average Bonchev–Trinajstić information content (AvgIpc) is 3.07. The maximum atomic E-state index is 6.20. The van der Waals surface area contributed by atoms with Crippen LogP contribution in [0.1, 0.15) is 12.8 Å². The number of ether oxygens (including phenoxy) is 1. The number of anilines is 1. The molecule has 3 nitrogen and oxygen atoms in total. The third-order valence-electron chi connectivity index (χ3n) is 4.31. The number of hydrogen-bond acceptors (Lipinski definition) is 4. The Balaban J connectivity index is 1.44. The predicted molar refractivity (Wildman–Crippen MR) is 102 cm³/mol. The summed E-state index contributed by atoms with van der Waals surface area (Å²) in [4.78, 5) is 6.82. The minimum atomic E-state index is 0.181. The van der Waals surface area contributed by atoms with Crippen LogP contribution in [0.4, 0.5) is 5.69 Å². The van der Waals surface area contributed by atoms with Crippen molar-refractivity contribution >= 4 is 50.4 Å². The van der Waals surface area contributed by atoms with E-state index >= 15 is 0 Å². The number of thiazole rings is 1. The van der Waals surface area contributed by atoms with Crippen LogP contribution in [-0.4, -0.2) is 24.2 Å². The highest BCUT2D eigenvalue weighted by Crippen LogP contribution is 2.33. The van der Waals surface area contributed by atoms with E-state index in [1.54, 1.807) is 17.4 Å². The van der Waals surface area contributed by atoms with Gasteiger partial charge in [0.25, 0.3) is 0 Å². The van der Waals surface area contributed by atoms with Crippen LogP contribution in [0.5, 0.6) is 5.75 Å². The van der Waals surface area contributed by atoms with Gasteiger partial charge in [-0.2, -0.15) is 0 Å². The zero-order valence-corrected chi connectivity index (χ0v) is 15.2. The number of nitrogens with zero attached hydrogens (tertiary/aromatic N) is 2. The molecule has 1 aliphatic heterocycles. The number of rotatable bonds is 3. The van der Waals surface area contributed by atoms with Crippen molar-refractivity contribution in [1.29, 1.82) is 0 Å². The van der Waals surface area contributed by atoms with Crippen molar-refractivity contribution in [2.24, 2.45) is 0 Å². The quantitative estimate of drug-likeness (QED) is 0.588. The molecule has 1 saturated heterocycles. The van der Waals surface area contributed by atoms with Crippen molar-refractivity contribution in [3.05, 3.63) is 52.0 Å². The van der Waals surface area contributed by atoms with E-state index in [-0.39, 0.29) is 6.10 Å². The zero-order valence-electron chi connectivity index (χ0n) is 12.9. The summed E-state index contributed by atoms with van der Waals surface area (Å²) in [5.74, 6) is 0.712. The maximum absolute atomic E-state index is 6.20. The Morgan fingerprint density at radius 2 is 1.96 bits per heavy atom. The summed E-state index contributed by atoms with van der Waals surface area (Å²) in [6.45, 7) is 1.93. The molecule has 0 bridgehead atoms. The number of halogens is 2. The third kappa shape index (κ3) is 3.18. The number of aromatic nitrogens is 1. The maximum Gasteiger partial charge on any atom is 0.138 e. The molecule has 124 valence electrons. The zero-order chi connectivity index (χ0) is 16.5. The Labute approximate surface area is 154 Å². The molecule has 3 aromatic rings. The second-order valence-corrected chi connectivity index (χ2v) is 7.56. The summed E-state index contributed by atoms with van der Waals surface area (Å²) in [6, 6.07) is 11.7. The molecule has 0 unspecified atom stereocenters. The molecular weight excluding hydrogens is 363 g/mol. The Morgan fingerprint density at radius 3 is 2.75 bits per heavy atom. The van der Waals surface area contributed by atoms with Crippen molar-refractivity contribution in [2.45, 2.75) is 18.9 Å². The van der Waals surface area contributed by atoms with Gasteiger partial charge in [-0.25, -0.2) is 4.98 Å². The van der Waals surface area contributed by atoms with Crippen LogP contribution in [0.15, 0.2) is 41.9 Å². The van der Waals surface area contributed by atoms with Crippen LogP contribution < -0.4 is 9.64 Å². The third-order valence-corrected chi connectivity index (χ3v) is 5.70. The van der Waals surface area contributed by atoms with E-state index in [4.69, 9.17) is 27.9 Å². The fourth-order valence-electron chi connectivity index (χ4n) is 3.09. The van der Waals surface area contributed by atoms with E-state index in [0.29, 0.717) is 15.8 Å². The van der Waals surface area contributed by atoms with Gasteiger partial charge in [-0.15, -0.1) is 11.3 Å². The normalized spacial score (nSPS) is 15.8. The summed E-state index contributed by atoms with van der Waals surface area (Å²) in [6.07, 6.45) is 2.11. The topological polar surface area (TPSA) is 25.4 Å². The first-order valence-corrected chi connectivity index (χ1v) is 9.53. The van der Waals surface area contributed by atoms with E-state index in [1.165, 1.54) is 10.4 Å². The van der Waals surface area contributed by atoms with Crippen LogP contribution in [0, 0.1) is 0 Å². The van der Waals surface area contributed by atoms with Crippen LogP contribution in [-0.2, 0) is 0 Å². The van der Waals surface area contributed by atoms with Gasteiger partial charge in [-0.3, -0.25) is 0 Å². The van der Waals surface area contributed by atoms with Gasteiger partial charge >= 0.3 is 0 Å². The molecule has 1 fully saturated rings. The first-order chi connectivity index (χ1) is 11.7. The van der Waals surface area contributed by atoms with Crippen molar-refractivity contribution in [3.63, 3.8) is 0 Å². The molecule has 24 heavy (non-hydrogen) atoms. The molecule has 1 aliphatic rings. The Morgan fingerprint density at radius 1 is 1.12 bits per heavy atom.